The number of ether oxygens (including phenoxy) is 1. The molecule has 1 N–H and O–H groups in total. The quantitative estimate of drug-likeness (QED) is 0.909. The fraction of sp³-hybridized carbons (Fsp3) is 0.632. The van der Waals surface area contributed by atoms with Crippen LogP contribution in [0.1, 0.15) is 43.0 Å². The summed E-state index contributed by atoms with van der Waals surface area (Å²) in [5.74, 6) is 0. The molecule has 1 atom stereocenters. The van der Waals surface area contributed by atoms with Crippen LogP contribution in [0.3, 0.4) is 0 Å². The summed E-state index contributed by atoms with van der Waals surface area (Å²) in [5, 5.41) is 3.53. The number of benzene rings is 1. The molecule has 1 aromatic rings. The van der Waals surface area contributed by atoms with Crippen LogP contribution >= 0.6 is 0 Å². The number of hydrogen-bond acceptors (Lipinski definition) is 3. The highest BCUT2D eigenvalue weighted by Gasteiger charge is 2.27. The molecule has 1 saturated heterocycles. The lowest BCUT2D eigenvalue weighted by atomic mass is 9.94. The molecule has 4 nitrogen and oxygen atoms in total. The van der Waals surface area contributed by atoms with Gasteiger partial charge in [-0.15, -0.1) is 0 Å². The second-order valence-electron chi connectivity index (χ2n) is 7.66. The third-order valence-corrected chi connectivity index (χ3v) is 4.20. The molecule has 1 unspecified atom stereocenters. The van der Waals surface area contributed by atoms with Crippen LogP contribution in [0.25, 0.3) is 0 Å². The lowest BCUT2D eigenvalue weighted by Crippen LogP contribution is -2.54. The highest BCUT2D eigenvalue weighted by atomic mass is 16.6. The van der Waals surface area contributed by atoms with E-state index in [1.165, 1.54) is 22.3 Å². The van der Waals surface area contributed by atoms with Crippen LogP contribution in [0.4, 0.5) is 4.79 Å². The highest BCUT2D eigenvalue weighted by molar-refractivity contribution is 5.68. The van der Waals surface area contributed by atoms with Crippen LogP contribution in [-0.2, 0) is 11.2 Å². The summed E-state index contributed by atoms with van der Waals surface area (Å²) in [6.45, 7) is 14.4. The molecule has 1 aliphatic rings. The number of amides is 1. The minimum Gasteiger partial charge on any atom is -0.444 e. The molecule has 1 amide bonds. The summed E-state index contributed by atoms with van der Waals surface area (Å²) in [5.41, 5.74) is 4.91. The Morgan fingerprint density at radius 3 is 2.43 bits per heavy atom. The maximum atomic E-state index is 12.3. The molecule has 1 fully saturated rings. The molecule has 23 heavy (non-hydrogen) atoms. The molecule has 0 spiro atoms. The average Bonchev–Trinajstić information content (AvgIpc) is 2.41. The largest absolute Gasteiger partial charge is 0.444 e. The first-order chi connectivity index (χ1) is 10.7. The summed E-state index contributed by atoms with van der Waals surface area (Å²) in [6, 6.07) is 4.74. The Labute approximate surface area is 140 Å². The number of aryl methyl sites for hydroxylation is 3. The Balaban J connectivity index is 2.03. The van der Waals surface area contributed by atoms with Gasteiger partial charge in [-0.1, -0.05) is 17.7 Å². The first kappa shape index (κ1) is 17.8. The summed E-state index contributed by atoms with van der Waals surface area (Å²) < 4.78 is 5.50. The van der Waals surface area contributed by atoms with Crippen LogP contribution in [0.2, 0.25) is 0 Å². The van der Waals surface area contributed by atoms with E-state index < -0.39 is 5.60 Å². The molecule has 0 saturated carbocycles. The summed E-state index contributed by atoms with van der Waals surface area (Å²) >= 11 is 0. The normalized spacial score (nSPS) is 18.9. The second kappa shape index (κ2) is 6.91. The van der Waals surface area contributed by atoms with Crippen molar-refractivity contribution in [3.05, 3.63) is 34.4 Å². The Morgan fingerprint density at radius 2 is 1.87 bits per heavy atom. The third-order valence-electron chi connectivity index (χ3n) is 4.20. The van der Waals surface area contributed by atoms with Crippen LogP contribution < -0.4 is 5.32 Å². The molecule has 0 radical (unpaired) electrons. The van der Waals surface area contributed by atoms with E-state index in [2.05, 4.69) is 38.2 Å². The van der Waals surface area contributed by atoms with Gasteiger partial charge >= 0.3 is 6.09 Å². The summed E-state index contributed by atoms with van der Waals surface area (Å²) in [6.07, 6.45) is 0.735. The summed E-state index contributed by atoms with van der Waals surface area (Å²) in [4.78, 5) is 14.1. The van der Waals surface area contributed by atoms with Crippen LogP contribution in [0, 0.1) is 20.8 Å². The maximum Gasteiger partial charge on any atom is 0.410 e. The maximum absolute atomic E-state index is 12.3. The zero-order chi connectivity index (χ0) is 17.2. The van der Waals surface area contributed by atoms with Gasteiger partial charge in [0.25, 0.3) is 0 Å². The highest BCUT2D eigenvalue weighted by Crippen LogP contribution is 2.20. The molecule has 0 aromatic heterocycles. The number of rotatable bonds is 2. The van der Waals surface area contributed by atoms with Crippen LogP contribution in [-0.4, -0.2) is 42.3 Å². The molecule has 0 aliphatic carbocycles. The Morgan fingerprint density at radius 1 is 1.26 bits per heavy atom. The molecule has 0 bridgehead atoms. The molecule has 2 rings (SSSR count). The van der Waals surface area contributed by atoms with Crippen molar-refractivity contribution in [3.8, 4) is 0 Å². The van der Waals surface area contributed by atoms with Crippen molar-refractivity contribution in [1.82, 2.24) is 10.2 Å². The van der Waals surface area contributed by atoms with Crippen molar-refractivity contribution in [2.75, 3.05) is 19.6 Å². The smallest absolute Gasteiger partial charge is 0.410 e. The standard InChI is InChI=1S/C19H30N2O2/c1-13-9-14(2)17(15(3)10-13)11-16-12-21(8-7-20-16)18(22)23-19(4,5)6/h9-10,16,20H,7-8,11-12H2,1-6H3. The SMILES string of the molecule is Cc1cc(C)c(CC2CN(C(=O)OC(C)(C)C)CCN2)c(C)c1. The van der Waals surface area contributed by atoms with E-state index in [4.69, 9.17) is 4.74 Å². The molecular formula is C19H30N2O2. The number of carbonyl (C=O) groups is 1. The fourth-order valence-corrected chi connectivity index (χ4v) is 3.23. The topological polar surface area (TPSA) is 41.6 Å². The van der Waals surface area contributed by atoms with Gasteiger partial charge in [-0.25, -0.2) is 4.79 Å². The number of hydrogen-bond donors (Lipinski definition) is 1. The predicted octanol–water partition coefficient (Wildman–Crippen LogP) is 3.36. The third kappa shape index (κ3) is 4.96. The molecule has 1 aromatic carbocycles. The first-order valence-corrected chi connectivity index (χ1v) is 8.44. The van der Waals surface area contributed by atoms with Gasteiger partial charge in [0.15, 0.2) is 0 Å². The van der Waals surface area contributed by atoms with Crippen molar-refractivity contribution in [2.45, 2.75) is 59.6 Å². The first-order valence-electron chi connectivity index (χ1n) is 8.44. The van der Waals surface area contributed by atoms with Crippen molar-refractivity contribution >= 4 is 6.09 Å². The van der Waals surface area contributed by atoms with Crippen molar-refractivity contribution in [3.63, 3.8) is 0 Å². The molecule has 1 aliphatic heterocycles. The van der Waals surface area contributed by atoms with Crippen LogP contribution in [0.5, 0.6) is 0 Å². The predicted molar refractivity (Wildman–Crippen MR) is 94.0 cm³/mol. The molecular weight excluding hydrogens is 288 g/mol. The number of nitrogens with one attached hydrogen (secondary N) is 1. The Kier molecular flexibility index (Phi) is 5.35. The van der Waals surface area contributed by atoms with Gasteiger partial charge in [0.05, 0.1) is 0 Å². The van der Waals surface area contributed by atoms with Crippen molar-refractivity contribution < 1.29 is 9.53 Å². The molecule has 4 heteroatoms. The zero-order valence-electron chi connectivity index (χ0n) is 15.3. The van der Waals surface area contributed by atoms with E-state index in [1.807, 2.05) is 25.7 Å². The number of piperazine rings is 1. The zero-order valence-corrected chi connectivity index (χ0v) is 15.3. The van der Waals surface area contributed by atoms with E-state index in [-0.39, 0.29) is 12.1 Å². The lowest BCUT2D eigenvalue weighted by Gasteiger charge is -2.35. The van der Waals surface area contributed by atoms with Gasteiger partial charge in [0, 0.05) is 25.7 Å². The monoisotopic (exact) mass is 318 g/mol. The minimum absolute atomic E-state index is 0.207. The van der Waals surface area contributed by atoms with Crippen molar-refractivity contribution in [2.24, 2.45) is 0 Å². The van der Waals surface area contributed by atoms with Gasteiger partial charge < -0.3 is 15.0 Å². The number of nitrogens with zero attached hydrogens (tertiary/aromatic N) is 1. The van der Waals surface area contributed by atoms with Gasteiger partial charge in [0.1, 0.15) is 5.60 Å². The summed E-state index contributed by atoms with van der Waals surface area (Å²) in [7, 11) is 0. The van der Waals surface area contributed by atoms with E-state index in [0.717, 1.165) is 13.0 Å². The van der Waals surface area contributed by atoms with Gasteiger partial charge in [-0.3, -0.25) is 0 Å². The second-order valence-corrected chi connectivity index (χ2v) is 7.66. The van der Waals surface area contributed by atoms with E-state index >= 15 is 0 Å². The van der Waals surface area contributed by atoms with Gasteiger partial charge in [0.2, 0.25) is 0 Å². The van der Waals surface area contributed by atoms with E-state index in [9.17, 15) is 4.79 Å². The van der Waals surface area contributed by atoms with Gasteiger partial charge in [-0.05, 0) is 64.7 Å². The molecule has 1 heterocycles. The lowest BCUT2D eigenvalue weighted by molar-refractivity contribution is 0.0195. The minimum atomic E-state index is -0.443. The Hall–Kier alpha value is -1.55. The van der Waals surface area contributed by atoms with Gasteiger partial charge in [-0.2, -0.15) is 0 Å². The van der Waals surface area contributed by atoms with Crippen LogP contribution in [0.15, 0.2) is 12.1 Å². The molecule has 128 valence electrons. The number of carbonyl (C=O) groups excluding carboxylic acids is 1. The fourth-order valence-electron chi connectivity index (χ4n) is 3.23. The van der Waals surface area contributed by atoms with Crippen molar-refractivity contribution in [1.29, 1.82) is 0 Å². The average molecular weight is 318 g/mol. The Bertz CT molecular complexity index is 552. The van der Waals surface area contributed by atoms with E-state index in [1.54, 1.807) is 0 Å². The van der Waals surface area contributed by atoms with E-state index in [0.29, 0.717) is 13.1 Å².